The Balaban J connectivity index is 1.80. The second kappa shape index (κ2) is 4.61. The van der Waals surface area contributed by atoms with E-state index in [4.69, 9.17) is 4.74 Å². The molecule has 1 fully saturated rings. The van der Waals surface area contributed by atoms with Crippen LogP contribution in [0.2, 0.25) is 0 Å². The smallest absolute Gasteiger partial charge is 0.0845 e. The Hall–Kier alpha value is -0.560. The van der Waals surface area contributed by atoms with Crippen LogP contribution in [0.5, 0.6) is 0 Å². The van der Waals surface area contributed by atoms with Gasteiger partial charge in [-0.15, -0.1) is 0 Å². The molecule has 0 spiro atoms. The lowest BCUT2D eigenvalue weighted by molar-refractivity contribution is 0.357. The number of fused-ring (bicyclic) bond motifs is 1. The van der Waals surface area contributed by atoms with Crippen LogP contribution in [0.15, 0.2) is 24.3 Å². The first-order valence-corrected chi connectivity index (χ1v) is 5.42. The molecule has 0 aromatic carbocycles. The third-order valence-electron chi connectivity index (χ3n) is 2.76. The predicted molar refractivity (Wildman–Crippen MR) is 54.6 cm³/mol. The molecular weight excluding hydrogens is 160 g/mol. The number of hydrogen-bond donors (Lipinski definition) is 0. The molecule has 0 saturated carbocycles. The van der Waals surface area contributed by atoms with E-state index in [9.17, 15) is 0 Å². The summed E-state index contributed by atoms with van der Waals surface area (Å²) in [6, 6.07) is 0. The van der Waals surface area contributed by atoms with Gasteiger partial charge in [0, 0.05) is 0 Å². The van der Waals surface area contributed by atoms with Crippen molar-refractivity contribution in [3.8, 4) is 0 Å². The maximum absolute atomic E-state index is 5.56. The van der Waals surface area contributed by atoms with Crippen molar-refractivity contribution in [3.05, 3.63) is 24.3 Å². The Morgan fingerprint density at radius 1 is 0.692 bits per heavy atom. The summed E-state index contributed by atoms with van der Waals surface area (Å²) in [5.74, 6) is 0. The Morgan fingerprint density at radius 3 is 1.69 bits per heavy atom. The fourth-order valence-electron chi connectivity index (χ4n) is 1.87. The van der Waals surface area contributed by atoms with E-state index < -0.39 is 0 Å². The number of epoxide rings is 1. The van der Waals surface area contributed by atoms with E-state index in [2.05, 4.69) is 24.3 Å². The van der Waals surface area contributed by atoms with E-state index in [1.54, 1.807) is 0 Å². The molecule has 2 rings (SSSR count). The maximum atomic E-state index is 5.56. The molecule has 13 heavy (non-hydrogen) atoms. The zero-order chi connectivity index (χ0) is 8.93. The van der Waals surface area contributed by atoms with Crippen molar-refractivity contribution in [2.45, 2.75) is 50.7 Å². The fourth-order valence-corrected chi connectivity index (χ4v) is 1.87. The first-order chi connectivity index (χ1) is 6.47. The zero-order valence-corrected chi connectivity index (χ0v) is 8.11. The van der Waals surface area contributed by atoms with Crippen LogP contribution in [-0.2, 0) is 4.74 Å². The average molecular weight is 178 g/mol. The Labute approximate surface area is 80.5 Å². The van der Waals surface area contributed by atoms with Crippen LogP contribution in [-0.4, -0.2) is 12.2 Å². The molecular formula is C12H18O. The molecule has 0 aromatic rings. The summed E-state index contributed by atoms with van der Waals surface area (Å²) >= 11 is 0. The highest BCUT2D eigenvalue weighted by Crippen LogP contribution is 2.30. The quantitative estimate of drug-likeness (QED) is 0.410. The molecule has 1 aliphatic carbocycles. The number of allylic oxidation sites excluding steroid dienone is 4. The van der Waals surface area contributed by atoms with E-state index in [0.29, 0.717) is 12.2 Å². The van der Waals surface area contributed by atoms with Crippen molar-refractivity contribution >= 4 is 0 Å². The van der Waals surface area contributed by atoms with Gasteiger partial charge in [-0.2, -0.15) is 0 Å². The van der Waals surface area contributed by atoms with Crippen molar-refractivity contribution in [1.82, 2.24) is 0 Å². The minimum Gasteiger partial charge on any atom is -0.370 e. The molecule has 0 unspecified atom stereocenters. The SMILES string of the molecule is C1=CCC[C@H]2O[C@H]2CC/C=C\CC1. The van der Waals surface area contributed by atoms with Gasteiger partial charge in [-0.25, -0.2) is 0 Å². The van der Waals surface area contributed by atoms with Gasteiger partial charge in [0.05, 0.1) is 12.2 Å². The zero-order valence-electron chi connectivity index (χ0n) is 8.11. The molecule has 2 atom stereocenters. The summed E-state index contributed by atoms with van der Waals surface area (Å²) in [6.45, 7) is 0. The lowest BCUT2D eigenvalue weighted by Gasteiger charge is -1.94. The third kappa shape index (κ3) is 3.00. The van der Waals surface area contributed by atoms with Gasteiger partial charge in [-0.05, 0) is 38.5 Å². The molecule has 0 N–H and O–H groups in total. The molecule has 72 valence electrons. The summed E-state index contributed by atoms with van der Waals surface area (Å²) in [7, 11) is 0. The molecule has 0 amide bonds. The minimum atomic E-state index is 0.581. The molecule has 0 bridgehead atoms. The molecule has 1 heterocycles. The Kier molecular flexibility index (Phi) is 3.20. The Bertz CT molecular complexity index is 183. The third-order valence-corrected chi connectivity index (χ3v) is 2.76. The molecule has 1 aliphatic heterocycles. The molecule has 0 aromatic heterocycles. The molecule has 1 saturated heterocycles. The number of rotatable bonds is 0. The van der Waals surface area contributed by atoms with Crippen LogP contribution < -0.4 is 0 Å². The highest BCUT2D eigenvalue weighted by molar-refractivity contribution is 4.94. The van der Waals surface area contributed by atoms with Gasteiger partial charge in [0.25, 0.3) is 0 Å². The monoisotopic (exact) mass is 178 g/mol. The van der Waals surface area contributed by atoms with Crippen LogP contribution in [0, 0.1) is 0 Å². The van der Waals surface area contributed by atoms with Crippen LogP contribution in [0.1, 0.15) is 38.5 Å². The van der Waals surface area contributed by atoms with Crippen molar-refractivity contribution in [1.29, 1.82) is 0 Å². The topological polar surface area (TPSA) is 12.5 Å². The largest absolute Gasteiger partial charge is 0.370 e. The van der Waals surface area contributed by atoms with Crippen molar-refractivity contribution in [2.75, 3.05) is 0 Å². The predicted octanol–water partition coefficient (Wildman–Crippen LogP) is 3.22. The van der Waals surface area contributed by atoms with E-state index >= 15 is 0 Å². The van der Waals surface area contributed by atoms with Crippen molar-refractivity contribution in [3.63, 3.8) is 0 Å². The molecule has 2 aliphatic rings. The van der Waals surface area contributed by atoms with E-state index in [1.165, 1.54) is 38.5 Å². The molecule has 0 radical (unpaired) electrons. The highest BCUT2D eigenvalue weighted by Gasteiger charge is 2.36. The van der Waals surface area contributed by atoms with E-state index in [1.807, 2.05) is 0 Å². The number of hydrogen-bond acceptors (Lipinski definition) is 1. The van der Waals surface area contributed by atoms with Crippen LogP contribution in [0.3, 0.4) is 0 Å². The first kappa shape index (κ1) is 9.01. The average Bonchev–Trinajstić information content (AvgIpc) is 2.83. The standard InChI is InChI=1S/C12H18O/c1-2-4-6-8-10-12-11(13-12)9-7-5-3-1/h3-6,11-12H,1-2,7-10H2/b5-3-,6-4?/t11-,12+/m0/s1. The van der Waals surface area contributed by atoms with Gasteiger partial charge in [0.2, 0.25) is 0 Å². The van der Waals surface area contributed by atoms with Crippen LogP contribution in [0.25, 0.3) is 0 Å². The van der Waals surface area contributed by atoms with E-state index in [-0.39, 0.29) is 0 Å². The van der Waals surface area contributed by atoms with Gasteiger partial charge in [-0.1, -0.05) is 24.3 Å². The van der Waals surface area contributed by atoms with Gasteiger partial charge in [0.1, 0.15) is 0 Å². The highest BCUT2D eigenvalue weighted by atomic mass is 16.6. The lowest BCUT2D eigenvalue weighted by atomic mass is 10.1. The van der Waals surface area contributed by atoms with E-state index in [0.717, 1.165) is 0 Å². The van der Waals surface area contributed by atoms with Gasteiger partial charge < -0.3 is 4.74 Å². The minimum absolute atomic E-state index is 0.581. The summed E-state index contributed by atoms with van der Waals surface area (Å²) < 4.78 is 5.56. The second-order valence-corrected chi connectivity index (χ2v) is 3.89. The van der Waals surface area contributed by atoms with Gasteiger partial charge >= 0.3 is 0 Å². The summed E-state index contributed by atoms with van der Waals surface area (Å²) in [5.41, 5.74) is 0. The summed E-state index contributed by atoms with van der Waals surface area (Å²) in [4.78, 5) is 0. The second-order valence-electron chi connectivity index (χ2n) is 3.89. The van der Waals surface area contributed by atoms with Crippen molar-refractivity contribution < 1.29 is 4.74 Å². The summed E-state index contributed by atoms with van der Waals surface area (Å²) in [5, 5.41) is 0. The lowest BCUT2D eigenvalue weighted by Crippen LogP contribution is -1.93. The first-order valence-electron chi connectivity index (χ1n) is 5.42. The van der Waals surface area contributed by atoms with Gasteiger partial charge in [-0.3, -0.25) is 0 Å². The van der Waals surface area contributed by atoms with Crippen LogP contribution >= 0.6 is 0 Å². The fraction of sp³-hybridized carbons (Fsp3) is 0.667. The van der Waals surface area contributed by atoms with Gasteiger partial charge in [0.15, 0.2) is 0 Å². The number of ether oxygens (including phenoxy) is 1. The molecule has 1 nitrogen and oxygen atoms in total. The maximum Gasteiger partial charge on any atom is 0.0845 e. The molecule has 1 heteroatoms. The van der Waals surface area contributed by atoms with Crippen molar-refractivity contribution in [2.24, 2.45) is 0 Å². The summed E-state index contributed by atoms with van der Waals surface area (Å²) in [6.07, 6.45) is 17.6. The Morgan fingerprint density at radius 2 is 1.15 bits per heavy atom. The van der Waals surface area contributed by atoms with Crippen LogP contribution in [0.4, 0.5) is 0 Å². The normalized spacial score (nSPS) is 36.9.